The summed E-state index contributed by atoms with van der Waals surface area (Å²) in [5.74, 6) is -1.76. The second kappa shape index (κ2) is 4.87. The Morgan fingerprint density at radius 3 is 2.25 bits per heavy atom. The fourth-order valence-electron chi connectivity index (χ4n) is 0.686. The maximum Gasteiger partial charge on any atom is 0.306 e. The SMILES string of the molecule is COC(C)C(=O)CC(C)C(=O)O. The summed E-state index contributed by atoms with van der Waals surface area (Å²) in [6.07, 6.45) is -0.476. The molecule has 0 bridgehead atoms. The second-order valence-corrected chi connectivity index (χ2v) is 2.79. The number of aliphatic carboxylic acids is 1. The number of rotatable bonds is 5. The Morgan fingerprint density at radius 2 is 1.92 bits per heavy atom. The Kier molecular flexibility index (Phi) is 4.51. The van der Waals surface area contributed by atoms with Gasteiger partial charge < -0.3 is 9.84 Å². The van der Waals surface area contributed by atoms with Crippen molar-refractivity contribution in [2.24, 2.45) is 5.92 Å². The van der Waals surface area contributed by atoms with Crippen LogP contribution in [0.15, 0.2) is 0 Å². The number of carboxylic acids is 1. The van der Waals surface area contributed by atoms with E-state index in [1.54, 1.807) is 6.92 Å². The highest BCUT2D eigenvalue weighted by atomic mass is 16.5. The lowest BCUT2D eigenvalue weighted by Gasteiger charge is -2.09. The van der Waals surface area contributed by atoms with Gasteiger partial charge in [0, 0.05) is 13.5 Å². The van der Waals surface area contributed by atoms with E-state index in [4.69, 9.17) is 9.84 Å². The molecule has 0 aliphatic carbocycles. The van der Waals surface area contributed by atoms with Gasteiger partial charge in [-0.3, -0.25) is 9.59 Å². The van der Waals surface area contributed by atoms with Crippen LogP contribution in [0.3, 0.4) is 0 Å². The van der Waals surface area contributed by atoms with Crippen molar-refractivity contribution in [1.82, 2.24) is 0 Å². The van der Waals surface area contributed by atoms with Gasteiger partial charge in [-0.1, -0.05) is 6.92 Å². The summed E-state index contributed by atoms with van der Waals surface area (Å²) in [6.45, 7) is 3.11. The van der Waals surface area contributed by atoms with Crippen LogP contribution in [0.4, 0.5) is 0 Å². The molecule has 0 fully saturated rings. The van der Waals surface area contributed by atoms with Crippen LogP contribution in [0.1, 0.15) is 20.3 Å². The van der Waals surface area contributed by atoms with Crippen molar-refractivity contribution in [3.05, 3.63) is 0 Å². The Labute approximate surface area is 71.5 Å². The van der Waals surface area contributed by atoms with Gasteiger partial charge in [0.25, 0.3) is 0 Å². The Balaban J connectivity index is 3.92. The number of hydrogen-bond acceptors (Lipinski definition) is 3. The zero-order valence-corrected chi connectivity index (χ0v) is 7.53. The Bertz CT molecular complexity index is 176. The number of carbonyl (C=O) groups is 2. The first-order valence-electron chi connectivity index (χ1n) is 3.77. The second-order valence-electron chi connectivity index (χ2n) is 2.79. The van der Waals surface area contributed by atoms with Gasteiger partial charge in [0.05, 0.1) is 5.92 Å². The number of ketones is 1. The highest BCUT2D eigenvalue weighted by Crippen LogP contribution is 2.05. The first kappa shape index (κ1) is 11.1. The highest BCUT2D eigenvalue weighted by Gasteiger charge is 2.19. The van der Waals surface area contributed by atoms with Gasteiger partial charge >= 0.3 is 5.97 Å². The zero-order valence-electron chi connectivity index (χ0n) is 7.53. The fourth-order valence-corrected chi connectivity index (χ4v) is 0.686. The number of hydrogen-bond donors (Lipinski definition) is 1. The first-order chi connectivity index (χ1) is 5.49. The van der Waals surface area contributed by atoms with Crippen molar-refractivity contribution in [3.63, 3.8) is 0 Å². The van der Waals surface area contributed by atoms with Crippen molar-refractivity contribution in [1.29, 1.82) is 0 Å². The molecule has 4 heteroatoms. The molecule has 12 heavy (non-hydrogen) atoms. The molecule has 0 aromatic rings. The molecule has 0 heterocycles. The third kappa shape index (κ3) is 3.48. The van der Waals surface area contributed by atoms with Crippen LogP contribution in [0.5, 0.6) is 0 Å². The van der Waals surface area contributed by atoms with Crippen molar-refractivity contribution in [2.75, 3.05) is 7.11 Å². The van der Waals surface area contributed by atoms with E-state index in [1.165, 1.54) is 14.0 Å². The number of ether oxygens (including phenoxy) is 1. The molecule has 1 N–H and O–H groups in total. The molecule has 0 rings (SSSR count). The largest absolute Gasteiger partial charge is 0.481 e. The van der Waals surface area contributed by atoms with Crippen LogP contribution < -0.4 is 0 Å². The van der Waals surface area contributed by atoms with Crippen LogP contribution in [-0.4, -0.2) is 30.1 Å². The third-order valence-electron chi connectivity index (χ3n) is 1.74. The van der Waals surface area contributed by atoms with Crippen molar-refractivity contribution >= 4 is 11.8 Å². The van der Waals surface area contributed by atoms with E-state index >= 15 is 0 Å². The maximum atomic E-state index is 11.1. The lowest BCUT2D eigenvalue weighted by atomic mass is 10.0. The molecule has 0 saturated carbocycles. The molecule has 0 aliphatic heterocycles. The topological polar surface area (TPSA) is 63.6 Å². The summed E-state index contributed by atoms with van der Waals surface area (Å²) in [5, 5.41) is 8.49. The van der Waals surface area contributed by atoms with E-state index in [-0.39, 0.29) is 12.2 Å². The molecule has 2 unspecified atom stereocenters. The van der Waals surface area contributed by atoms with E-state index < -0.39 is 18.0 Å². The maximum absolute atomic E-state index is 11.1. The Morgan fingerprint density at radius 1 is 1.42 bits per heavy atom. The number of Topliss-reactive ketones (excluding diaryl/α,β-unsaturated/α-hetero) is 1. The number of methoxy groups -OCH3 is 1. The molecule has 0 aromatic carbocycles. The monoisotopic (exact) mass is 174 g/mol. The summed E-state index contributed by atoms with van der Waals surface area (Å²) in [4.78, 5) is 21.5. The average Bonchev–Trinajstić information content (AvgIpc) is 2.02. The molecule has 0 aliphatic rings. The van der Waals surface area contributed by atoms with Crippen molar-refractivity contribution < 1.29 is 19.4 Å². The van der Waals surface area contributed by atoms with Crippen molar-refractivity contribution in [3.8, 4) is 0 Å². The standard InChI is InChI=1S/C8H14O4/c1-5(8(10)11)4-7(9)6(2)12-3/h5-6H,4H2,1-3H3,(H,10,11). The quantitative estimate of drug-likeness (QED) is 0.666. The van der Waals surface area contributed by atoms with Crippen LogP contribution in [0.25, 0.3) is 0 Å². The zero-order chi connectivity index (χ0) is 9.72. The fraction of sp³-hybridized carbons (Fsp3) is 0.750. The molecule has 70 valence electrons. The minimum absolute atomic E-state index is 0.0321. The molecule has 2 atom stereocenters. The van der Waals surface area contributed by atoms with E-state index in [0.29, 0.717) is 0 Å². The predicted octanol–water partition coefficient (Wildman–Crippen LogP) is 0.701. The first-order valence-corrected chi connectivity index (χ1v) is 3.77. The smallest absolute Gasteiger partial charge is 0.306 e. The number of carbonyl (C=O) groups excluding carboxylic acids is 1. The van der Waals surface area contributed by atoms with Gasteiger partial charge in [-0.25, -0.2) is 0 Å². The third-order valence-corrected chi connectivity index (χ3v) is 1.74. The van der Waals surface area contributed by atoms with E-state index in [2.05, 4.69) is 0 Å². The summed E-state index contributed by atoms with van der Waals surface area (Å²) in [6, 6.07) is 0. The van der Waals surface area contributed by atoms with Gasteiger partial charge in [-0.15, -0.1) is 0 Å². The molecule has 0 spiro atoms. The van der Waals surface area contributed by atoms with E-state index in [0.717, 1.165) is 0 Å². The molecule has 0 amide bonds. The summed E-state index contributed by atoms with van der Waals surface area (Å²) >= 11 is 0. The number of carboxylic acid groups (broad SMARTS) is 1. The van der Waals surface area contributed by atoms with Crippen LogP contribution in [0.2, 0.25) is 0 Å². The van der Waals surface area contributed by atoms with Gasteiger partial charge in [0.1, 0.15) is 6.10 Å². The lowest BCUT2D eigenvalue weighted by Crippen LogP contribution is -2.24. The van der Waals surface area contributed by atoms with Gasteiger partial charge in [0.15, 0.2) is 5.78 Å². The average molecular weight is 174 g/mol. The molecule has 4 nitrogen and oxygen atoms in total. The summed E-state index contributed by atoms with van der Waals surface area (Å²) in [5.41, 5.74) is 0. The highest BCUT2D eigenvalue weighted by molar-refractivity contribution is 5.86. The van der Waals surface area contributed by atoms with Crippen molar-refractivity contribution in [2.45, 2.75) is 26.4 Å². The minimum atomic E-state index is -0.952. The lowest BCUT2D eigenvalue weighted by molar-refractivity contribution is -0.144. The molecule has 0 radical (unpaired) electrons. The van der Waals surface area contributed by atoms with Gasteiger partial charge in [-0.2, -0.15) is 0 Å². The van der Waals surface area contributed by atoms with Gasteiger partial charge in [0.2, 0.25) is 0 Å². The van der Waals surface area contributed by atoms with Crippen LogP contribution in [-0.2, 0) is 14.3 Å². The van der Waals surface area contributed by atoms with E-state index in [9.17, 15) is 9.59 Å². The van der Waals surface area contributed by atoms with Crippen LogP contribution in [0, 0.1) is 5.92 Å². The normalized spacial score (nSPS) is 15.2. The predicted molar refractivity (Wildman–Crippen MR) is 42.9 cm³/mol. The molecule has 0 aromatic heterocycles. The molecule has 0 saturated heterocycles. The minimum Gasteiger partial charge on any atom is -0.481 e. The Hall–Kier alpha value is -0.900. The van der Waals surface area contributed by atoms with Gasteiger partial charge in [-0.05, 0) is 6.92 Å². The van der Waals surface area contributed by atoms with Crippen LogP contribution >= 0.6 is 0 Å². The summed E-state index contributed by atoms with van der Waals surface area (Å²) < 4.78 is 4.75. The summed E-state index contributed by atoms with van der Waals surface area (Å²) in [7, 11) is 1.42. The molecular weight excluding hydrogens is 160 g/mol. The molecular formula is C8H14O4. The van der Waals surface area contributed by atoms with E-state index in [1.807, 2.05) is 0 Å².